The van der Waals surface area contributed by atoms with Crippen molar-refractivity contribution < 1.29 is 9.90 Å². The summed E-state index contributed by atoms with van der Waals surface area (Å²) in [6.45, 7) is 2.68. The van der Waals surface area contributed by atoms with Crippen molar-refractivity contribution in [3.05, 3.63) is 0 Å². The molecule has 0 saturated heterocycles. The van der Waals surface area contributed by atoms with E-state index in [9.17, 15) is 4.79 Å². The Balaban J connectivity index is 3.02. The summed E-state index contributed by atoms with van der Waals surface area (Å²) in [5, 5.41) is 13.5. The zero-order valence-corrected chi connectivity index (χ0v) is 16.8. The van der Waals surface area contributed by atoms with Gasteiger partial charge in [-0.05, 0) is 6.42 Å². The Morgan fingerprint density at radius 1 is 0.600 bits per heavy atom. The zero-order valence-electron chi connectivity index (χ0n) is 16.8. The average molecular weight is 357 g/mol. The third-order valence-electron chi connectivity index (χ3n) is 4.81. The van der Waals surface area contributed by atoms with Crippen molar-refractivity contribution in [2.45, 2.75) is 116 Å². The van der Waals surface area contributed by atoms with E-state index in [2.05, 4.69) is 17.6 Å². The maximum absolute atomic E-state index is 11.0. The van der Waals surface area contributed by atoms with Crippen LogP contribution in [0.15, 0.2) is 0 Å². The van der Waals surface area contributed by atoms with Crippen molar-refractivity contribution in [2.24, 2.45) is 0 Å². The molecule has 0 saturated carbocycles. The molecule has 0 spiro atoms. The molecule has 150 valence electrons. The third-order valence-corrected chi connectivity index (χ3v) is 4.81. The predicted molar refractivity (Wildman–Crippen MR) is 108 cm³/mol. The standard InChI is InChI=1S/C21H44N2O2/c1-2-3-4-5-6-7-8-9-10-11-12-13-14-15-16-17-18-19-22-21(25)23-20-24/h24H,2-20H2,1H3,(H2,22,23,25). The molecule has 0 aliphatic carbocycles. The Hall–Kier alpha value is -0.770. The quantitative estimate of drug-likeness (QED) is 0.200. The minimum absolute atomic E-state index is 0.279. The molecule has 0 heterocycles. The van der Waals surface area contributed by atoms with Gasteiger partial charge in [0.2, 0.25) is 0 Å². The molecule has 0 aromatic rings. The van der Waals surface area contributed by atoms with Crippen molar-refractivity contribution in [1.29, 1.82) is 0 Å². The van der Waals surface area contributed by atoms with E-state index < -0.39 is 0 Å². The summed E-state index contributed by atoms with van der Waals surface area (Å²) in [6.07, 6.45) is 23.2. The molecular weight excluding hydrogens is 312 g/mol. The lowest BCUT2D eigenvalue weighted by atomic mass is 10.0. The van der Waals surface area contributed by atoms with Gasteiger partial charge in [-0.1, -0.05) is 110 Å². The van der Waals surface area contributed by atoms with Gasteiger partial charge in [-0.15, -0.1) is 0 Å². The second-order valence-electron chi connectivity index (χ2n) is 7.25. The van der Waals surface area contributed by atoms with Gasteiger partial charge in [0.25, 0.3) is 0 Å². The van der Waals surface area contributed by atoms with Crippen molar-refractivity contribution in [3.8, 4) is 0 Å². The van der Waals surface area contributed by atoms with Gasteiger partial charge >= 0.3 is 6.03 Å². The van der Waals surface area contributed by atoms with Crippen LogP contribution in [-0.4, -0.2) is 24.4 Å². The monoisotopic (exact) mass is 356 g/mol. The molecule has 0 fully saturated rings. The molecule has 0 rings (SSSR count). The van der Waals surface area contributed by atoms with E-state index in [0.717, 1.165) is 6.42 Å². The fourth-order valence-electron chi connectivity index (χ4n) is 3.19. The molecule has 0 unspecified atom stereocenters. The fraction of sp³-hybridized carbons (Fsp3) is 0.952. The number of hydrogen-bond acceptors (Lipinski definition) is 2. The largest absolute Gasteiger partial charge is 0.376 e. The normalized spacial score (nSPS) is 10.8. The number of nitrogens with one attached hydrogen (secondary N) is 2. The molecule has 0 bridgehead atoms. The summed E-state index contributed by atoms with van der Waals surface area (Å²) in [6, 6.07) is -0.279. The Kier molecular flexibility index (Phi) is 20.6. The number of carbonyl (C=O) groups excluding carboxylic acids is 1. The molecule has 25 heavy (non-hydrogen) atoms. The number of aliphatic hydroxyl groups is 1. The van der Waals surface area contributed by atoms with Crippen molar-refractivity contribution in [2.75, 3.05) is 13.3 Å². The number of hydrogen-bond donors (Lipinski definition) is 3. The minimum Gasteiger partial charge on any atom is -0.376 e. The molecular formula is C21H44N2O2. The molecule has 0 aromatic heterocycles. The van der Waals surface area contributed by atoms with E-state index in [0.29, 0.717) is 6.54 Å². The molecule has 0 atom stereocenters. The van der Waals surface area contributed by atoms with Crippen molar-refractivity contribution >= 4 is 6.03 Å². The highest BCUT2D eigenvalue weighted by atomic mass is 16.3. The van der Waals surface area contributed by atoms with Crippen LogP contribution in [0, 0.1) is 0 Å². The SMILES string of the molecule is CCCCCCCCCCCCCCCCCCCNC(=O)NCO. The van der Waals surface area contributed by atoms with Crippen LogP contribution in [0.1, 0.15) is 116 Å². The Morgan fingerprint density at radius 3 is 1.32 bits per heavy atom. The van der Waals surface area contributed by atoms with Crippen LogP contribution in [0.25, 0.3) is 0 Å². The van der Waals surface area contributed by atoms with Gasteiger partial charge < -0.3 is 15.7 Å². The highest BCUT2D eigenvalue weighted by molar-refractivity contribution is 5.73. The smallest absolute Gasteiger partial charge is 0.316 e. The first-order valence-corrected chi connectivity index (χ1v) is 10.9. The van der Waals surface area contributed by atoms with Gasteiger partial charge in [0, 0.05) is 6.54 Å². The first kappa shape index (κ1) is 24.2. The van der Waals surface area contributed by atoms with Gasteiger partial charge in [0.15, 0.2) is 0 Å². The van der Waals surface area contributed by atoms with Gasteiger partial charge in [0.1, 0.15) is 6.73 Å². The summed E-state index contributed by atoms with van der Waals surface area (Å²) >= 11 is 0. The summed E-state index contributed by atoms with van der Waals surface area (Å²) in [5.41, 5.74) is 0. The Morgan fingerprint density at radius 2 is 0.960 bits per heavy atom. The summed E-state index contributed by atoms with van der Waals surface area (Å²) in [7, 11) is 0. The Bertz CT molecular complexity index is 273. The van der Waals surface area contributed by atoms with Gasteiger partial charge in [-0.25, -0.2) is 4.79 Å². The molecule has 0 radical (unpaired) electrons. The number of urea groups is 1. The van der Waals surface area contributed by atoms with Gasteiger partial charge in [0.05, 0.1) is 0 Å². The summed E-state index contributed by atoms with van der Waals surface area (Å²) in [5.74, 6) is 0. The second-order valence-corrected chi connectivity index (χ2v) is 7.25. The number of aliphatic hydroxyl groups excluding tert-OH is 1. The lowest BCUT2D eigenvalue weighted by molar-refractivity contribution is 0.217. The first-order chi connectivity index (χ1) is 12.3. The highest BCUT2D eigenvalue weighted by Crippen LogP contribution is 2.13. The summed E-state index contributed by atoms with van der Waals surface area (Å²) < 4.78 is 0. The van der Waals surface area contributed by atoms with Crippen LogP contribution in [0.5, 0.6) is 0 Å². The van der Waals surface area contributed by atoms with E-state index in [1.165, 1.54) is 103 Å². The number of unbranched alkanes of at least 4 members (excludes halogenated alkanes) is 16. The van der Waals surface area contributed by atoms with Gasteiger partial charge in [-0.3, -0.25) is 0 Å². The topological polar surface area (TPSA) is 61.4 Å². The van der Waals surface area contributed by atoms with Crippen molar-refractivity contribution in [3.63, 3.8) is 0 Å². The maximum atomic E-state index is 11.0. The molecule has 0 aromatic carbocycles. The van der Waals surface area contributed by atoms with Gasteiger partial charge in [-0.2, -0.15) is 0 Å². The minimum atomic E-state index is -0.301. The Labute approximate surface area is 156 Å². The van der Waals surface area contributed by atoms with Crippen LogP contribution >= 0.6 is 0 Å². The lowest BCUT2D eigenvalue weighted by Crippen LogP contribution is -2.36. The average Bonchev–Trinajstić information content (AvgIpc) is 2.61. The van der Waals surface area contributed by atoms with Crippen LogP contribution in [0.2, 0.25) is 0 Å². The first-order valence-electron chi connectivity index (χ1n) is 10.9. The van der Waals surface area contributed by atoms with Crippen LogP contribution in [0.4, 0.5) is 4.79 Å². The number of amides is 2. The summed E-state index contributed by atoms with van der Waals surface area (Å²) in [4.78, 5) is 11.0. The lowest BCUT2D eigenvalue weighted by Gasteiger charge is -2.05. The fourth-order valence-corrected chi connectivity index (χ4v) is 3.19. The number of rotatable bonds is 19. The van der Waals surface area contributed by atoms with Crippen LogP contribution in [0.3, 0.4) is 0 Å². The molecule has 3 N–H and O–H groups in total. The number of carbonyl (C=O) groups is 1. The van der Waals surface area contributed by atoms with Crippen LogP contribution < -0.4 is 10.6 Å². The zero-order chi connectivity index (χ0) is 18.4. The van der Waals surface area contributed by atoms with E-state index in [4.69, 9.17) is 5.11 Å². The maximum Gasteiger partial charge on any atom is 0.316 e. The molecule has 2 amide bonds. The van der Waals surface area contributed by atoms with Crippen molar-refractivity contribution in [1.82, 2.24) is 10.6 Å². The van der Waals surface area contributed by atoms with E-state index >= 15 is 0 Å². The van der Waals surface area contributed by atoms with Crippen LogP contribution in [-0.2, 0) is 0 Å². The molecule has 4 heteroatoms. The molecule has 0 aliphatic rings. The molecule has 0 aliphatic heterocycles. The highest BCUT2D eigenvalue weighted by Gasteiger charge is 1.97. The second kappa shape index (κ2) is 21.3. The molecule has 4 nitrogen and oxygen atoms in total. The van der Waals surface area contributed by atoms with E-state index in [1.807, 2.05) is 0 Å². The third kappa shape index (κ3) is 21.2. The van der Waals surface area contributed by atoms with E-state index in [-0.39, 0.29) is 12.8 Å². The predicted octanol–water partition coefficient (Wildman–Crippen LogP) is 5.89. The van der Waals surface area contributed by atoms with E-state index in [1.54, 1.807) is 0 Å².